The fourth-order valence-corrected chi connectivity index (χ4v) is 4.40. The summed E-state index contributed by atoms with van der Waals surface area (Å²) in [6.07, 6.45) is 1.96. The third-order valence-corrected chi connectivity index (χ3v) is 5.49. The maximum Gasteiger partial charge on any atom is 0.303 e. The standard InChI is InChI=1S/C17H18O5S/c1-21-12-7-10-11-6-9(4-3-5-15(18)19)16(20)17(11)23-14(10)8-13(12)22-2/h7-9H,3-6H2,1-2H3,(H,18,19). The van der Waals surface area contributed by atoms with Crippen molar-refractivity contribution in [1.29, 1.82) is 0 Å². The van der Waals surface area contributed by atoms with Crippen molar-refractivity contribution in [1.82, 2.24) is 0 Å². The van der Waals surface area contributed by atoms with Crippen LogP contribution in [0.15, 0.2) is 12.1 Å². The zero-order chi connectivity index (χ0) is 16.6. The summed E-state index contributed by atoms with van der Waals surface area (Å²) in [5, 5.41) is 9.77. The molecule has 1 N–H and O–H groups in total. The van der Waals surface area contributed by atoms with Crippen LogP contribution in [0.5, 0.6) is 11.5 Å². The fourth-order valence-electron chi connectivity index (χ4n) is 3.13. The van der Waals surface area contributed by atoms with Crippen molar-refractivity contribution in [3.05, 3.63) is 22.6 Å². The molecule has 1 aromatic carbocycles. The lowest BCUT2D eigenvalue weighted by Crippen LogP contribution is -2.09. The molecule has 0 saturated carbocycles. The van der Waals surface area contributed by atoms with E-state index in [1.165, 1.54) is 11.3 Å². The van der Waals surface area contributed by atoms with Gasteiger partial charge in [0, 0.05) is 28.5 Å². The Morgan fingerprint density at radius 2 is 2.00 bits per heavy atom. The van der Waals surface area contributed by atoms with Gasteiger partial charge in [-0.2, -0.15) is 0 Å². The molecule has 23 heavy (non-hydrogen) atoms. The summed E-state index contributed by atoms with van der Waals surface area (Å²) >= 11 is 1.49. The van der Waals surface area contributed by atoms with E-state index in [1.54, 1.807) is 14.2 Å². The topological polar surface area (TPSA) is 72.8 Å². The van der Waals surface area contributed by atoms with Crippen LogP contribution >= 0.6 is 11.3 Å². The molecular formula is C17H18O5S. The van der Waals surface area contributed by atoms with E-state index in [1.807, 2.05) is 12.1 Å². The molecule has 1 aliphatic carbocycles. The number of ether oxygens (including phenoxy) is 2. The number of hydrogen-bond donors (Lipinski definition) is 1. The number of Topliss-reactive ketones (excluding diaryl/α,β-unsaturated/α-hetero) is 1. The Hall–Kier alpha value is -2.08. The van der Waals surface area contributed by atoms with Gasteiger partial charge >= 0.3 is 5.97 Å². The van der Waals surface area contributed by atoms with Crippen LogP contribution in [0.25, 0.3) is 10.1 Å². The maximum absolute atomic E-state index is 12.6. The Labute approximate surface area is 137 Å². The molecule has 0 radical (unpaired) electrons. The van der Waals surface area contributed by atoms with Crippen LogP contribution in [0.2, 0.25) is 0 Å². The van der Waals surface area contributed by atoms with Crippen molar-refractivity contribution in [2.45, 2.75) is 25.7 Å². The highest BCUT2D eigenvalue weighted by Gasteiger charge is 2.34. The van der Waals surface area contributed by atoms with E-state index in [9.17, 15) is 9.59 Å². The van der Waals surface area contributed by atoms with Gasteiger partial charge in [0.2, 0.25) is 0 Å². The van der Waals surface area contributed by atoms with Gasteiger partial charge in [-0.25, -0.2) is 0 Å². The molecule has 1 atom stereocenters. The summed E-state index contributed by atoms with van der Waals surface area (Å²) in [6.45, 7) is 0. The summed E-state index contributed by atoms with van der Waals surface area (Å²) in [4.78, 5) is 24.0. The van der Waals surface area contributed by atoms with Gasteiger partial charge in [-0.15, -0.1) is 11.3 Å². The number of hydrogen-bond acceptors (Lipinski definition) is 5. The van der Waals surface area contributed by atoms with Crippen LogP contribution in [-0.4, -0.2) is 31.1 Å². The van der Waals surface area contributed by atoms with E-state index in [-0.39, 0.29) is 18.1 Å². The molecule has 1 heterocycles. The summed E-state index contributed by atoms with van der Waals surface area (Å²) in [5.41, 5.74) is 1.07. The largest absolute Gasteiger partial charge is 0.493 e. The molecule has 122 valence electrons. The molecule has 5 nitrogen and oxygen atoms in total. The van der Waals surface area contributed by atoms with Gasteiger partial charge in [0.25, 0.3) is 0 Å². The maximum atomic E-state index is 12.6. The number of benzene rings is 1. The van der Waals surface area contributed by atoms with Gasteiger partial charge < -0.3 is 14.6 Å². The van der Waals surface area contributed by atoms with E-state index in [0.29, 0.717) is 30.8 Å². The molecule has 0 spiro atoms. The Kier molecular flexibility index (Phi) is 4.26. The second-order valence-corrected chi connectivity index (χ2v) is 6.72. The lowest BCUT2D eigenvalue weighted by molar-refractivity contribution is -0.137. The average Bonchev–Trinajstić information content (AvgIpc) is 3.02. The van der Waals surface area contributed by atoms with Crippen LogP contribution in [-0.2, 0) is 11.2 Å². The molecule has 0 amide bonds. The van der Waals surface area contributed by atoms with E-state index >= 15 is 0 Å². The minimum Gasteiger partial charge on any atom is -0.493 e. The van der Waals surface area contributed by atoms with Crippen LogP contribution < -0.4 is 9.47 Å². The van der Waals surface area contributed by atoms with Gasteiger partial charge in [-0.3, -0.25) is 9.59 Å². The predicted molar refractivity (Wildman–Crippen MR) is 87.9 cm³/mol. The summed E-state index contributed by atoms with van der Waals surface area (Å²) in [5.74, 6) is 0.554. The number of carboxylic acids is 1. The van der Waals surface area contributed by atoms with Crippen molar-refractivity contribution in [3.63, 3.8) is 0 Å². The second-order valence-electron chi connectivity index (χ2n) is 5.66. The number of carbonyl (C=O) groups is 2. The van der Waals surface area contributed by atoms with Crippen molar-refractivity contribution in [2.75, 3.05) is 14.2 Å². The normalized spacial score (nSPS) is 16.6. The molecule has 3 rings (SSSR count). The molecule has 6 heteroatoms. The van der Waals surface area contributed by atoms with Crippen molar-refractivity contribution >= 4 is 33.2 Å². The molecule has 0 saturated heterocycles. The second kappa shape index (κ2) is 6.20. The van der Waals surface area contributed by atoms with Gasteiger partial charge in [-0.1, -0.05) is 0 Å². The van der Waals surface area contributed by atoms with Crippen LogP contribution in [0.1, 0.15) is 34.5 Å². The highest BCUT2D eigenvalue weighted by atomic mass is 32.1. The SMILES string of the molecule is COc1cc2sc3c(c2cc1OC)CC(CCCC(=O)O)C3=O. The average molecular weight is 334 g/mol. The minimum atomic E-state index is -0.813. The quantitative estimate of drug-likeness (QED) is 0.875. The number of rotatable bonds is 6. The molecule has 0 bridgehead atoms. The Morgan fingerprint density at radius 1 is 1.30 bits per heavy atom. The lowest BCUT2D eigenvalue weighted by atomic mass is 9.98. The molecular weight excluding hydrogens is 316 g/mol. The van der Waals surface area contributed by atoms with Crippen molar-refractivity contribution < 1.29 is 24.2 Å². The molecule has 1 aromatic heterocycles. The Morgan fingerprint density at radius 3 is 2.65 bits per heavy atom. The van der Waals surface area contributed by atoms with E-state index < -0.39 is 5.97 Å². The highest BCUT2D eigenvalue weighted by Crippen LogP contribution is 2.44. The first-order valence-corrected chi connectivity index (χ1v) is 8.30. The van der Waals surface area contributed by atoms with Crippen LogP contribution in [0.3, 0.4) is 0 Å². The number of aliphatic carboxylic acids is 1. The first-order chi connectivity index (χ1) is 11.0. The number of methoxy groups -OCH3 is 2. The van der Waals surface area contributed by atoms with E-state index in [0.717, 1.165) is 20.5 Å². The summed E-state index contributed by atoms with van der Waals surface area (Å²) in [7, 11) is 3.19. The first-order valence-electron chi connectivity index (χ1n) is 7.48. The molecule has 2 aromatic rings. The van der Waals surface area contributed by atoms with Gasteiger partial charge in [0.1, 0.15) is 0 Å². The van der Waals surface area contributed by atoms with Crippen molar-refractivity contribution in [2.24, 2.45) is 5.92 Å². The van der Waals surface area contributed by atoms with Crippen LogP contribution in [0, 0.1) is 5.92 Å². The number of fused-ring (bicyclic) bond motifs is 3. The van der Waals surface area contributed by atoms with Crippen LogP contribution in [0.4, 0.5) is 0 Å². The zero-order valence-electron chi connectivity index (χ0n) is 13.0. The van der Waals surface area contributed by atoms with E-state index in [2.05, 4.69) is 0 Å². The van der Waals surface area contributed by atoms with Gasteiger partial charge in [0.15, 0.2) is 17.3 Å². The van der Waals surface area contributed by atoms with Gasteiger partial charge in [0.05, 0.1) is 19.1 Å². The molecule has 0 aliphatic heterocycles. The Bertz CT molecular complexity index is 777. The summed E-state index contributed by atoms with van der Waals surface area (Å²) < 4.78 is 11.7. The smallest absolute Gasteiger partial charge is 0.303 e. The Balaban J connectivity index is 1.89. The monoisotopic (exact) mass is 334 g/mol. The van der Waals surface area contributed by atoms with E-state index in [4.69, 9.17) is 14.6 Å². The molecule has 1 unspecified atom stereocenters. The zero-order valence-corrected chi connectivity index (χ0v) is 13.9. The fraction of sp³-hybridized carbons (Fsp3) is 0.412. The number of carbonyl (C=O) groups excluding carboxylic acids is 1. The summed E-state index contributed by atoms with van der Waals surface area (Å²) in [6, 6.07) is 3.83. The highest BCUT2D eigenvalue weighted by molar-refractivity contribution is 7.21. The third-order valence-electron chi connectivity index (χ3n) is 4.29. The molecule has 1 aliphatic rings. The third kappa shape index (κ3) is 2.79. The van der Waals surface area contributed by atoms with Gasteiger partial charge in [-0.05, 0) is 30.9 Å². The number of carboxylic acid groups (broad SMARTS) is 1. The minimum absolute atomic E-state index is 0.0897. The predicted octanol–water partition coefficient (Wildman–Crippen LogP) is 3.53. The molecule has 0 fully saturated rings. The number of ketones is 1. The number of thiophene rings is 1. The lowest BCUT2D eigenvalue weighted by Gasteiger charge is -2.09. The first kappa shape index (κ1) is 15.8. The van der Waals surface area contributed by atoms with Crippen molar-refractivity contribution in [3.8, 4) is 11.5 Å².